The van der Waals surface area contributed by atoms with Gasteiger partial charge in [0.25, 0.3) is 0 Å². The van der Waals surface area contributed by atoms with Crippen molar-refractivity contribution >= 4 is 35.2 Å². The van der Waals surface area contributed by atoms with Crippen LogP contribution in [0.3, 0.4) is 0 Å². The van der Waals surface area contributed by atoms with Crippen LogP contribution in [0.1, 0.15) is 26.2 Å². The van der Waals surface area contributed by atoms with Crippen molar-refractivity contribution in [2.45, 2.75) is 36.3 Å². The van der Waals surface area contributed by atoms with Gasteiger partial charge in [-0.15, -0.1) is 11.8 Å². The molecule has 1 amide bonds. The van der Waals surface area contributed by atoms with Crippen molar-refractivity contribution in [1.29, 1.82) is 0 Å². The predicted octanol–water partition coefficient (Wildman–Crippen LogP) is 3.19. The van der Waals surface area contributed by atoms with Gasteiger partial charge in [0.15, 0.2) is 0 Å². The third kappa shape index (κ3) is 3.92. The van der Waals surface area contributed by atoms with Gasteiger partial charge in [-0.25, -0.2) is 0 Å². The molecule has 1 fully saturated rings. The summed E-state index contributed by atoms with van der Waals surface area (Å²) in [5.41, 5.74) is -0.750. The Morgan fingerprint density at radius 2 is 2.00 bits per heavy atom. The van der Waals surface area contributed by atoms with Crippen molar-refractivity contribution in [2.24, 2.45) is 5.41 Å². The highest BCUT2D eigenvalue weighted by molar-refractivity contribution is 8.00. The Hall–Kier alpha value is -1.20. The van der Waals surface area contributed by atoms with Crippen LogP contribution in [-0.2, 0) is 9.59 Å². The van der Waals surface area contributed by atoms with E-state index in [1.165, 1.54) is 11.8 Å². The molecule has 1 unspecified atom stereocenters. The molecule has 0 aliphatic heterocycles. The predicted molar refractivity (Wildman–Crippen MR) is 83.7 cm³/mol. The number of amides is 1. The normalized spacial score (nSPS) is 17.6. The Kier molecular flexibility index (Phi) is 5.17. The molecule has 6 heteroatoms. The number of carbonyl (C=O) groups is 2. The zero-order chi connectivity index (χ0) is 15.5. The van der Waals surface area contributed by atoms with Crippen molar-refractivity contribution in [3.63, 3.8) is 0 Å². The second-order valence-corrected chi connectivity index (χ2v) is 7.22. The molecule has 0 spiro atoms. The molecular weight excluding hydrogens is 310 g/mol. The van der Waals surface area contributed by atoms with Crippen LogP contribution < -0.4 is 5.32 Å². The van der Waals surface area contributed by atoms with Crippen LogP contribution in [0.25, 0.3) is 0 Å². The van der Waals surface area contributed by atoms with Crippen LogP contribution in [0.2, 0.25) is 5.02 Å². The Morgan fingerprint density at radius 1 is 1.38 bits per heavy atom. The molecule has 0 bridgehead atoms. The van der Waals surface area contributed by atoms with Gasteiger partial charge < -0.3 is 10.4 Å². The molecule has 0 aromatic heterocycles. The highest BCUT2D eigenvalue weighted by Gasteiger charge is 2.44. The fraction of sp³-hybridized carbons (Fsp3) is 0.467. The Balaban J connectivity index is 1.85. The first kappa shape index (κ1) is 16.2. The molecule has 0 heterocycles. The van der Waals surface area contributed by atoms with Crippen molar-refractivity contribution in [3.05, 3.63) is 29.3 Å². The van der Waals surface area contributed by atoms with Gasteiger partial charge in [0.2, 0.25) is 5.91 Å². The molecule has 1 aliphatic rings. The zero-order valence-corrected chi connectivity index (χ0v) is 13.3. The number of hydrogen-bond donors (Lipinski definition) is 2. The standard InChI is InChI=1S/C15H18ClNO3S/c1-10(21-12-5-3-11(16)4-6-12)13(18)17-9-15(14(19)20)7-2-8-15/h3-6,10H,2,7-9H2,1H3,(H,17,18)(H,19,20). The molecule has 21 heavy (non-hydrogen) atoms. The molecule has 4 nitrogen and oxygen atoms in total. The van der Waals surface area contributed by atoms with Crippen LogP contribution in [0, 0.1) is 5.41 Å². The van der Waals surface area contributed by atoms with E-state index in [0.29, 0.717) is 17.9 Å². The number of halogens is 1. The number of nitrogens with one attached hydrogen (secondary N) is 1. The van der Waals surface area contributed by atoms with Gasteiger partial charge in [-0.2, -0.15) is 0 Å². The van der Waals surface area contributed by atoms with Crippen LogP contribution in [0.4, 0.5) is 0 Å². The molecule has 0 radical (unpaired) electrons. The Morgan fingerprint density at radius 3 is 2.48 bits per heavy atom. The van der Waals surface area contributed by atoms with Crippen LogP contribution >= 0.6 is 23.4 Å². The number of rotatable bonds is 6. The number of carbonyl (C=O) groups excluding carboxylic acids is 1. The fourth-order valence-electron chi connectivity index (χ4n) is 2.24. The fourth-order valence-corrected chi connectivity index (χ4v) is 3.26. The topological polar surface area (TPSA) is 66.4 Å². The zero-order valence-electron chi connectivity index (χ0n) is 11.8. The summed E-state index contributed by atoms with van der Waals surface area (Å²) in [7, 11) is 0. The third-order valence-electron chi connectivity index (χ3n) is 3.86. The SMILES string of the molecule is CC(Sc1ccc(Cl)cc1)C(=O)NCC1(C(=O)O)CCC1. The quantitative estimate of drug-likeness (QED) is 0.787. The number of aliphatic carboxylic acids is 1. The smallest absolute Gasteiger partial charge is 0.311 e. The van der Waals surface area contributed by atoms with E-state index in [4.69, 9.17) is 11.6 Å². The number of carboxylic acids is 1. The summed E-state index contributed by atoms with van der Waals surface area (Å²) in [5, 5.41) is 12.4. The van der Waals surface area contributed by atoms with E-state index in [-0.39, 0.29) is 17.7 Å². The van der Waals surface area contributed by atoms with Gasteiger partial charge in [-0.05, 0) is 44.0 Å². The molecule has 1 aromatic carbocycles. The molecule has 2 N–H and O–H groups in total. The van der Waals surface area contributed by atoms with Gasteiger partial charge in [0, 0.05) is 16.5 Å². The first-order valence-corrected chi connectivity index (χ1v) is 8.12. The van der Waals surface area contributed by atoms with Crippen LogP contribution in [-0.4, -0.2) is 28.8 Å². The van der Waals surface area contributed by atoms with E-state index < -0.39 is 11.4 Å². The van der Waals surface area contributed by atoms with Gasteiger partial charge in [-0.1, -0.05) is 18.0 Å². The van der Waals surface area contributed by atoms with Crippen LogP contribution in [0.5, 0.6) is 0 Å². The van der Waals surface area contributed by atoms with Crippen LogP contribution in [0.15, 0.2) is 29.2 Å². The number of hydrogen-bond acceptors (Lipinski definition) is 3. The molecule has 0 saturated heterocycles. The molecule has 114 valence electrons. The molecule has 1 atom stereocenters. The number of carboxylic acid groups (broad SMARTS) is 1. The highest BCUT2D eigenvalue weighted by Crippen LogP contribution is 2.40. The van der Waals surface area contributed by atoms with Crippen molar-refractivity contribution in [3.8, 4) is 0 Å². The lowest BCUT2D eigenvalue weighted by Crippen LogP contribution is -2.48. The minimum absolute atomic E-state index is 0.137. The summed E-state index contributed by atoms with van der Waals surface area (Å²) in [5.74, 6) is -0.950. The maximum atomic E-state index is 12.1. The average molecular weight is 328 g/mol. The third-order valence-corrected chi connectivity index (χ3v) is 5.23. The van der Waals surface area contributed by atoms with E-state index in [1.54, 1.807) is 12.1 Å². The lowest BCUT2D eigenvalue weighted by molar-refractivity contribution is -0.154. The van der Waals surface area contributed by atoms with Crippen molar-refractivity contribution < 1.29 is 14.7 Å². The van der Waals surface area contributed by atoms with Crippen molar-refractivity contribution in [1.82, 2.24) is 5.32 Å². The Labute approximate surface area is 133 Å². The van der Waals surface area contributed by atoms with E-state index in [1.807, 2.05) is 19.1 Å². The largest absolute Gasteiger partial charge is 0.481 e. The number of thioether (sulfide) groups is 1. The molecular formula is C15H18ClNO3S. The van der Waals surface area contributed by atoms with E-state index in [9.17, 15) is 14.7 Å². The lowest BCUT2D eigenvalue weighted by atomic mass is 9.69. The van der Waals surface area contributed by atoms with E-state index >= 15 is 0 Å². The molecule has 2 rings (SSSR count). The van der Waals surface area contributed by atoms with Gasteiger partial charge in [0.1, 0.15) is 0 Å². The maximum Gasteiger partial charge on any atom is 0.311 e. The molecule has 1 aromatic rings. The monoisotopic (exact) mass is 327 g/mol. The average Bonchev–Trinajstić information content (AvgIpc) is 2.39. The second kappa shape index (κ2) is 6.71. The second-order valence-electron chi connectivity index (χ2n) is 5.37. The first-order valence-electron chi connectivity index (χ1n) is 6.86. The number of benzene rings is 1. The summed E-state index contributed by atoms with van der Waals surface area (Å²) in [6.45, 7) is 2.02. The summed E-state index contributed by atoms with van der Waals surface area (Å²) >= 11 is 7.25. The van der Waals surface area contributed by atoms with Gasteiger partial charge in [0.05, 0.1) is 10.7 Å². The molecule has 1 aliphatic carbocycles. The lowest BCUT2D eigenvalue weighted by Gasteiger charge is -2.37. The highest BCUT2D eigenvalue weighted by atomic mass is 35.5. The summed E-state index contributed by atoms with van der Waals surface area (Å²) in [6, 6.07) is 7.29. The van der Waals surface area contributed by atoms with Gasteiger partial charge in [-0.3, -0.25) is 9.59 Å². The van der Waals surface area contributed by atoms with Gasteiger partial charge >= 0.3 is 5.97 Å². The van der Waals surface area contributed by atoms with Crippen molar-refractivity contribution in [2.75, 3.05) is 6.54 Å². The summed E-state index contributed by atoms with van der Waals surface area (Å²) in [4.78, 5) is 24.3. The Bertz CT molecular complexity index is 528. The minimum atomic E-state index is -0.813. The minimum Gasteiger partial charge on any atom is -0.481 e. The maximum absolute atomic E-state index is 12.1. The van der Waals surface area contributed by atoms with E-state index in [2.05, 4.69) is 5.32 Å². The van der Waals surface area contributed by atoms with E-state index in [0.717, 1.165) is 11.3 Å². The first-order chi connectivity index (χ1) is 9.93. The summed E-state index contributed by atoms with van der Waals surface area (Å²) < 4.78 is 0. The molecule has 1 saturated carbocycles. The summed E-state index contributed by atoms with van der Waals surface area (Å²) in [6.07, 6.45) is 2.19.